The van der Waals surface area contributed by atoms with Gasteiger partial charge in [-0.25, -0.2) is 0 Å². The molecule has 0 unspecified atom stereocenters. The maximum Gasteiger partial charge on any atom is 0.416 e. The van der Waals surface area contributed by atoms with E-state index in [0.29, 0.717) is 5.56 Å². The van der Waals surface area contributed by atoms with E-state index in [4.69, 9.17) is 11.6 Å². The molecule has 2 aromatic carbocycles. The van der Waals surface area contributed by atoms with Crippen LogP contribution in [0.4, 0.5) is 18.9 Å². The predicted octanol–water partition coefficient (Wildman–Crippen LogP) is 7.07. The van der Waals surface area contributed by atoms with Gasteiger partial charge < -0.3 is 9.88 Å². The first kappa shape index (κ1) is 23.6. The van der Waals surface area contributed by atoms with Crippen molar-refractivity contribution in [2.45, 2.75) is 20.0 Å². The van der Waals surface area contributed by atoms with Gasteiger partial charge in [0.15, 0.2) is 0 Å². The number of aromatic nitrogens is 1. The van der Waals surface area contributed by atoms with Gasteiger partial charge in [0.2, 0.25) is 0 Å². The van der Waals surface area contributed by atoms with E-state index in [1.165, 1.54) is 6.08 Å². The van der Waals surface area contributed by atoms with Crippen molar-refractivity contribution >= 4 is 45.2 Å². The molecule has 1 heterocycles. The number of anilines is 1. The van der Waals surface area contributed by atoms with E-state index >= 15 is 0 Å². The molecular weight excluding hydrogens is 507 g/mol. The lowest BCUT2D eigenvalue weighted by molar-refractivity contribution is -0.137. The molecule has 3 rings (SSSR count). The SMILES string of the molecule is Cc1cc(/C=C(/C#N)C(=O)Nc2cc(C(F)(F)F)ccc2Cl)c(C)n1-c1ccc(Br)cc1. The average molecular weight is 523 g/mol. The number of amides is 1. The molecule has 1 N–H and O–H groups in total. The topological polar surface area (TPSA) is 57.8 Å². The highest BCUT2D eigenvalue weighted by Crippen LogP contribution is 2.34. The number of carbonyl (C=O) groups excluding carboxylic acids is 1. The first-order chi connectivity index (χ1) is 15.0. The second-order valence-corrected chi connectivity index (χ2v) is 8.28. The highest BCUT2D eigenvalue weighted by molar-refractivity contribution is 9.10. The summed E-state index contributed by atoms with van der Waals surface area (Å²) in [6, 6.07) is 13.9. The quantitative estimate of drug-likeness (QED) is 0.294. The molecule has 0 aliphatic rings. The van der Waals surface area contributed by atoms with Crippen molar-refractivity contribution in [1.82, 2.24) is 4.57 Å². The highest BCUT2D eigenvalue weighted by atomic mass is 79.9. The zero-order valence-corrected chi connectivity index (χ0v) is 19.2. The molecule has 3 aromatic rings. The third-order valence-corrected chi connectivity index (χ3v) is 5.62. The molecule has 164 valence electrons. The lowest BCUT2D eigenvalue weighted by atomic mass is 10.1. The van der Waals surface area contributed by atoms with E-state index in [2.05, 4.69) is 21.2 Å². The lowest BCUT2D eigenvalue weighted by Gasteiger charge is -2.11. The first-order valence-electron chi connectivity index (χ1n) is 9.26. The van der Waals surface area contributed by atoms with E-state index in [0.717, 1.165) is 39.7 Å². The third-order valence-electron chi connectivity index (χ3n) is 4.76. The molecule has 0 bridgehead atoms. The largest absolute Gasteiger partial charge is 0.416 e. The van der Waals surface area contributed by atoms with Gasteiger partial charge >= 0.3 is 6.18 Å². The molecule has 32 heavy (non-hydrogen) atoms. The summed E-state index contributed by atoms with van der Waals surface area (Å²) in [5.74, 6) is -0.859. The summed E-state index contributed by atoms with van der Waals surface area (Å²) in [7, 11) is 0. The Morgan fingerprint density at radius 1 is 1.16 bits per heavy atom. The van der Waals surface area contributed by atoms with Crippen molar-refractivity contribution in [3.63, 3.8) is 0 Å². The van der Waals surface area contributed by atoms with Crippen molar-refractivity contribution in [3.05, 3.63) is 86.1 Å². The van der Waals surface area contributed by atoms with Crippen LogP contribution >= 0.6 is 27.5 Å². The van der Waals surface area contributed by atoms with Crippen LogP contribution in [0, 0.1) is 25.2 Å². The Bertz CT molecular complexity index is 1260. The van der Waals surface area contributed by atoms with E-state index in [9.17, 15) is 23.2 Å². The molecular formula is C23H16BrClF3N3O. The van der Waals surface area contributed by atoms with Crippen LogP contribution in [-0.4, -0.2) is 10.5 Å². The molecule has 0 aliphatic carbocycles. The Kier molecular flexibility index (Phi) is 6.82. The van der Waals surface area contributed by atoms with Crippen molar-refractivity contribution in [2.24, 2.45) is 0 Å². The van der Waals surface area contributed by atoms with Crippen molar-refractivity contribution in [1.29, 1.82) is 5.26 Å². The molecule has 0 fully saturated rings. The minimum Gasteiger partial charge on any atom is -0.320 e. The molecule has 0 radical (unpaired) electrons. The molecule has 0 spiro atoms. The van der Waals surface area contributed by atoms with E-state index in [1.54, 1.807) is 6.07 Å². The van der Waals surface area contributed by atoms with Crippen LogP contribution in [-0.2, 0) is 11.0 Å². The van der Waals surface area contributed by atoms with Gasteiger partial charge in [-0.1, -0.05) is 27.5 Å². The fourth-order valence-electron chi connectivity index (χ4n) is 3.21. The Balaban J connectivity index is 1.94. The molecule has 4 nitrogen and oxygen atoms in total. The second kappa shape index (κ2) is 9.23. The smallest absolute Gasteiger partial charge is 0.320 e. The number of rotatable bonds is 4. The fraction of sp³-hybridized carbons (Fsp3) is 0.130. The number of aryl methyl sites for hydroxylation is 1. The van der Waals surface area contributed by atoms with Crippen LogP contribution < -0.4 is 5.32 Å². The number of hydrogen-bond acceptors (Lipinski definition) is 2. The summed E-state index contributed by atoms with van der Waals surface area (Å²) in [6.45, 7) is 3.73. The zero-order valence-electron chi connectivity index (χ0n) is 16.9. The van der Waals surface area contributed by atoms with Crippen molar-refractivity contribution in [3.8, 4) is 11.8 Å². The first-order valence-corrected chi connectivity index (χ1v) is 10.4. The molecule has 1 aromatic heterocycles. The minimum absolute atomic E-state index is 0.0722. The van der Waals surface area contributed by atoms with Crippen LogP contribution in [0.25, 0.3) is 11.8 Å². The minimum atomic E-state index is -4.59. The normalized spacial score (nSPS) is 11.9. The molecule has 0 atom stereocenters. The number of alkyl halides is 3. The number of nitrogens with zero attached hydrogens (tertiary/aromatic N) is 2. The maximum atomic E-state index is 13.0. The summed E-state index contributed by atoms with van der Waals surface area (Å²) in [4.78, 5) is 12.6. The van der Waals surface area contributed by atoms with Crippen LogP contribution in [0.2, 0.25) is 5.02 Å². The van der Waals surface area contributed by atoms with Gasteiger partial charge in [0, 0.05) is 21.5 Å². The monoisotopic (exact) mass is 521 g/mol. The summed E-state index contributed by atoms with van der Waals surface area (Å²) in [5.41, 5.74) is 1.76. The van der Waals surface area contributed by atoms with Gasteiger partial charge in [-0.3, -0.25) is 4.79 Å². The third kappa shape index (κ3) is 5.06. The average Bonchev–Trinajstić information content (AvgIpc) is 3.00. The van der Waals surface area contributed by atoms with E-state index in [-0.39, 0.29) is 16.3 Å². The van der Waals surface area contributed by atoms with Gasteiger partial charge in [-0.2, -0.15) is 18.4 Å². The second-order valence-electron chi connectivity index (χ2n) is 6.95. The number of hydrogen-bond donors (Lipinski definition) is 1. The van der Waals surface area contributed by atoms with Gasteiger partial charge in [-0.05, 0) is 74.0 Å². The van der Waals surface area contributed by atoms with Gasteiger partial charge in [0.1, 0.15) is 11.6 Å². The molecule has 0 aliphatic heterocycles. The van der Waals surface area contributed by atoms with Crippen LogP contribution in [0.15, 0.2) is 58.6 Å². The molecule has 1 amide bonds. The van der Waals surface area contributed by atoms with E-state index in [1.807, 2.05) is 48.7 Å². The highest BCUT2D eigenvalue weighted by Gasteiger charge is 2.31. The van der Waals surface area contributed by atoms with Crippen LogP contribution in [0.5, 0.6) is 0 Å². The summed E-state index contributed by atoms with van der Waals surface area (Å²) >= 11 is 9.33. The number of benzene rings is 2. The van der Waals surface area contributed by atoms with Crippen molar-refractivity contribution in [2.75, 3.05) is 5.32 Å². The summed E-state index contributed by atoms with van der Waals surface area (Å²) in [5, 5.41) is 11.7. The van der Waals surface area contributed by atoms with Crippen LogP contribution in [0.3, 0.4) is 0 Å². The summed E-state index contributed by atoms with van der Waals surface area (Å²) in [6.07, 6.45) is -3.20. The zero-order chi connectivity index (χ0) is 23.6. The predicted molar refractivity (Wildman–Crippen MR) is 122 cm³/mol. The molecule has 0 saturated carbocycles. The Morgan fingerprint density at radius 3 is 2.41 bits per heavy atom. The van der Waals surface area contributed by atoms with Gasteiger partial charge in [0.05, 0.1) is 16.3 Å². The fourth-order valence-corrected chi connectivity index (χ4v) is 3.64. The Hall–Kier alpha value is -3.02. The molecule has 9 heteroatoms. The standard InChI is InChI=1S/C23H16BrClF3N3O/c1-13-9-15(14(2)31(13)19-6-4-18(24)5-7-19)10-16(12-29)22(32)30-21-11-17(23(26,27)28)3-8-20(21)25/h3-11H,1-2H3,(H,30,32)/b16-10-. The number of nitrogens with one attached hydrogen (secondary N) is 1. The van der Waals surface area contributed by atoms with Crippen LogP contribution in [0.1, 0.15) is 22.5 Å². The maximum absolute atomic E-state index is 13.0. The van der Waals surface area contributed by atoms with E-state index < -0.39 is 17.6 Å². The Labute approximate surface area is 196 Å². The number of nitriles is 1. The van der Waals surface area contributed by atoms with Gasteiger partial charge in [-0.15, -0.1) is 0 Å². The van der Waals surface area contributed by atoms with Gasteiger partial charge in [0.25, 0.3) is 5.91 Å². The number of halogens is 5. The lowest BCUT2D eigenvalue weighted by Crippen LogP contribution is -2.15. The number of carbonyl (C=O) groups is 1. The van der Waals surface area contributed by atoms with Crippen molar-refractivity contribution < 1.29 is 18.0 Å². The summed E-state index contributed by atoms with van der Waals surface area (Å²) < 4.78 is 41.8. The Morgan fingerprint density at radius 2 is 1.81 bits per heavy atom. The molecule has 0 saturated heterocycles.